The van der Waals surface area contributed by atoms with Crippen molar-refractivity contribution in [3.8, 4) is 0 Å². The Bertz CT molecular complexity index is 397. The van der Waals surface area contributed by atoms with E-state index in [0.717, 1.165) is 9.69 Å². The van der Waals surface area contributed by atoms with Crippen molar-refractivity contribution >= 4 is 49.9 Å². The molecule has 0 aliphatic carbocycles. The van der Waals surface area contributed by atoms with Crippen LogP contribution in [0.4, 0.5) is 0 Å². The largest absolute Gasteiger partial charge is 0.320 e. The molecule has 1 heterocycles. The maximum Gasteiger partial charge on any atom is 0.320 e. The molecule has 0 bridgehead atoms. The van der Waals surface area contributed by atoms with E-state index >= 15 is 0 Å². The molecule has 0 unspecified atom stereocenters. The number of hydrogen-bond acceptors (Lipinski definition) is 1. The van der Waals surface area contributed by atoms with Gasteiger partial charge in [-0.05, 0) is 16.6 Å². The van der Waals surface area contributed by atoms with Gasteiger partial charge in [-0.3, -0.25) is 0 Å². The molecule has 0 saturated heterocycles. The topological polar surface area (TPSA) is 0 Å². The molecule has 0 spiro atoms. The lowest BCUT2D eigenvalue weighted by Crippen LogP contribution is -2.46. The van der Waals surface area contributed by atoms with Gasteiger partial charge in [-0.1, -0.05) is 36.4 Å². The van der Waals surface area contributed by atoms with Crippen molar-refractivity contribution in [1.82, 2.24) is 0 Å². The molecule has 0 amide bonds. The first-order valence-corrected chi connectivity index (χ1v) is 9.09. The number of thiophene rings is 1. The summed E-state index contributed by atoms with van der Waals surface area (Å²) in [6.07, 6.45) is 0. The van der Waals surface area contributed by atoms with Gasteiger partial charge in [0, 0.05) is 4.50 Å². The highest BCUT2D eigenvalue weighted by atomic mass is 35.7. The highest BCUT2D eigenvalue weighted by Gasteiger charge is 2.34. The maximum absolute atomic E-state index is 6.44. The summed E-state index contributed by atoms with van der Waals surface area (Å²) in [4.78, 5) is 0. The molecule has 0 fully saturated rings. The summed E-state index contributed by atoms with van der Waals surface area (Å²) in [7, 11) is 0. The number of halogens is 2. The van der Waals surface area contributed by atoms with E-state index in [1.165, 1.54) is 0 Å². The fourth-order valence-corrected chi connectivity index (χ4v) is 5.99. The van der Waals surface area contributed by atoms with Crippen molar-refractivity contribution in [2.45, 2.75) is 0 Å². The summed E-state index contributed by atoms with van der Waals surface area (Å²) >= 11 is 14.5. The summed E-state index contributed by atoms with van der Waals surface area (Å²) in [5.74, 6) is 0. The molecular weight excluding hydrogens is 251 g/mol. The molecule has 0 aliphatic rings. The van der Waals surface area contributed by atoms with Gasteiger partial charge in [-0.2, -0.15) is 11.3 Å². The van der Waals surface area contributed by atoms with Crippen LogP contribution in [-0.2, 0) is 0 Å². The zero-order valence-electron chi connectivity index (χ0n) is 7.28. The van der Waals surface area contributed by atoms with Crippen LogP contribution in [0.2, 0.25) is 0 Å². The Kier molecular flexibility index (Phi) is 2.98. The SMILES string of the molecule is Cl[Si](Cl)(c1ccccc1)c1cccs1. The monoisotopic (exact) mass is 258 g/mol. The maximum atomic E-state index is 6.44. The first-order valence-electron chi connectivity index (χ1n) is 4.18. The minimum atomic E-state index is -2.44. The third-order valence-electron chi connectivity index (χ3n) is 1.97. The van der Waals surface area contributed by atoms with Crippen LogP contribution in [0.3, 0.4) is 0 Å². The van der Waals surface area contributed by atoms with Gasteiger partial charge in [-0.15, -0.1) is 22.2 Å². The zero-order chi connectivity index (χ0) is 10.0. The number of hydrogen-bond donors (Lipinski definition) is 0. The van der Waals surface area contributed by atoms with Crippen molar-refractivity contribution in [3.63, 3.8) is 0 Å². The first-order chi connectivity index (χ1) is 6.71. The molecule has 4 heteroatoms. The second-order valence-corrected chi connectivity index (χ2v) is 10.5. The lowest BCUT2D eigenvalue weighted by Gasteiger charge is -2.14. The Morgan fingerprint density at radius 2 is 1.64 bits per heavy atom. The molecule has 0 radical (unpaired) electrons. The first kappa shape index (κ1) is 10.2. The Labute approximate surface area is 97.5 Å². The van der Waals surface area contributed by atoms with Gasteiger partial charge >= 0.3 is 6.69 Å². The summed E-state index contributed by atoms with van der Waals surface area (Å²) in [6, 6.07) is 13.9. The summed E-state index contributed by atoms with van der Waals surface area (Å²) in [5, 5.41) is 3.05. The number of benzene rings is 1. The summed E-state index contributed by atoms with van der Waals surface area (Å²) in [5.41, 5.74) is 0. The average molecular weight is 259 g/mol. The average Bonchev–Trinajstić information content (AvgIpc) is 2.72. The van der Waals surface area contributed by atoms with E-state index in [4.69, 9.17) is 22.2 Å². The van der Waals surface area contributed by atoms with Crippen molar-refractivity contribution in [2.24, 2.45) is 0 Å². The molecule has 14 heavy (non-hydrogen) atoms. The van der Waals surface area contributed by atoms with E-state index in [1.807, 2.05) is 47.8 Å². The molecule has 0 saturated carbocycles. The lowest BCUT2D eigenvalue weighted by atomic mass is 10.4. The van der Waals surface area contributed by atoms with Gasteiger partial charge in [0.25, 0.3) is 0 Å². The van der Waals surface area contributed by atoms with Crippen molar-refractivity contribution in [3.05, 3.63) is 47.8 Å². The standard InChI is InChI=1S/C10H8Cl2SSi/c11-14(12,10-7-4-8-13-10)9-5-2-1-3-6-9/h1-8H. The van der Waals surface area contributed by atoms with E-state index in [9.17, 15) is 0 Å². The Hall–Kier alpha value is -0.283. The molecule has 0 N–H and O–H groups in total. The van der Waals surface area contributed by atoms with Crippen LogP contribution >= 0.6 is 33.5 Å². The van der Waals surface area contributed by atoms with Gasteiger partial charge in [0.1, 0.15) is 0 Å². The van der Waals surface area contributed by atoms with Crippen LogP contribution < -0.4 is 9.69 Å². The van der Waals surface area contributed by atoms with Crippen molar-refractivity contribution < 1.29 is 0 Å². The van der Waals surface area contributed by atoms with Gasteiger partial charge in [0.05, 0.1) is 0 Å². The lowest BCUT2D eigenvalue weighted by molar-refractivity contribution is 1.76. The van der Waals surface area contributed by atoms with Gasteiger partial charge in [-0.25, -0.2) is 0 Å². The second-order valence-electron chi connectivity index (χ2n) is 2.92. The zero-order valence-corrected chi connectivity index (χ0v) is 10.6. The quantitative estimate of drug-likeness (QED) is 0.574. The molecule has 0 aliphatic heterocycles. The van der Waals surface area contributed by atoms with Crippen LogP contribution in [-0.4, -0.2) is 6.69 Å². The fraction of sp³-hybridized carbons (Fsp3) is 0. The molecule has 0 nitrogen and oxygen atoms in total. The minimum Gasteiger partial charge on any atom is -0.150 e. The molecule has 2 aromatic rings. The third-order valence-corrected chi connectivity index (χ3v) is 8.97. The molecule has 0 atom stereocenters. The predicted octanol–water partition coefficient (Wildman–Crippen LogP) is 2.78. The van der Waals surface area contributed by atoms with E-state index in [2.05, 4.69) is 0 Å². The van der Waals surface area contributed by atoms with Gasteiger partial charge in [0.15, 0.2) is 0 Å². The Morgan fingerprint density at radius 3 is 2.21 bits per heavy atom. The van der Waals surface area contributed by atoms with E-state index < -0.39 is 6.69 Å². The van der Waals surface area contributed by atoms with Crippen LogP contribution in [0, 0.1) is 0 Å². The second kappa shape index (κ2) is 4.07. The molecule has 1 aromatic carbocycles. The molecule has 72 valence electrons. The highest BCUT2D eigenvalue weighted by Crippen LogP contribution is 2.17. The Balaban J connectivity index is 2.43. The normalized spacial score (nSPS) is 11.6. The fourth-order valence-electron chi connectivity index (χ4n) is 1.25. The Morgan fingerprint density at radius 1 is 0.929 bits per heavy atom. The van der Waals surface area contributed by atoms with E-state index in [-0.39, 0.29) is 0 Å². The highest BCUT2D eigenvalue weighted by molar-refractivity contribution is 7.61. The van der Waals surface area contributed by atoms with Gasteiger partial charge in [0.2, 0.25) is 0 Å². The smallest absolute Gasteiger partial charge is 0.150 e. The van der Waals surface area contributed by atoms with E-state index in [1.54, 1.807) is 11.3 Å². The van der Waals surface area contributed by atoms with Crippen LogP contribution in [0.5, 0.6) is 0 Å². The van der Waals surface area contributed by atoms with Crippen LogP contribution in [0.1, 0.15) is 0 Å². The van der Waals surface area contributed by atoms with Crippen molar-refractivity contribution in [2.75, 3.05) is 0 Å². The van der Waals surface area contributed by atoms with Crippen LogP contribution in [0.15, 0.2) is 47.8 Å². The van der Waals surface area contributed by atoms with E-state index in [0.29, 0.717) is 0 Å². The third kappa shape index (κ3) is 1.89. The van der Waals surface area contributed by atoms with Gasteiger partial charge < -0.3 is 0 Å². The molecule has 2 rings (SSSR count). The summed E-state index contributed by atoms with van der Waals surface area (Å²) < 4.78 is 1.09. The molecule has 1 aromatic heterocycles. The molecular formula is C10H8Cl2SSi. The summed E-state index contributed by atoms with van der Waals surface area (Å²) in [6.45, 7) is -2.44. The minimum absolute atomic E-state index is 1.05. The number of rotatable bonds is 2. The van der Waals surface area contributed by atoms with Crippen LogP contribution in [0.25, 0.3) is 0 Å². The van der Waals surface area contributed by atoms with Crippen molar-refractivity contribution in [1.29, 1.82) is 0 Å². The predicted molar refractivity (Wildman–Crippen MR) is 67.5 cm³/mol.